The van der Waals surface area contributed by atoms with Crippen LogP contribution in [0.25, 0.3) is 0 Å². The normalized spacial score (nSPS) is 20.9. The zero-order valence-corrected chi connectivity index (χ0v) is 14.8. The van der Waals surface area contributed by atoms with Gasteiger partial charge < -0.3 is 15.7 Å². The molecule has 0 radical (unpaired) electrons. The van der Waals surface area contributed by atoms with Gasteiger partial charge in [0.2, 0.25) is 5.91 Å². The van der Waals surface area contributed by atoms with Gasteiger partial charge in [-0.2, -0.15) is 0 Å². The number of halogens is 2. The summed E-state index contributed by atoms with van der Waals surface area (Å²) < 4.78 is 1.06. The topological polar surface area (TPSA) is 61.4 Å². The lowest BCUT2D eigenvalue weighted by atomic mass is 10.1. The predicted molar refractivity (Wildman–Crippen MR) is 92.1 cm³/mol. The number of benzene rings is 1. The number of carbonyl (C=O) groups excluding carboxylic acids is 1. The minimum atomic E-state index is -0.343. The average molecular weight is 396 g/mol. The summed E-state index contributed by atoms with van der Waals surface area (Å²) >= 11 is 5.15. The second-order valence-corrected chi connectivity index (χ2v) is 6.81. The Morgan fingerprint density at radius 2 is 2.19 bits per heavy atom. The molecule has 0 bridgehead atoms. The first-order chi connectivity index (χ1) is 9.66. The molecule has 0 saturated carbocycles. The zero-order chi connectivity index (χ0) is 14.4. The van der Waals surface area contributed by atoms with Crippen LogP contribution >= 0.6 is 40.1 Å². The number of aliphatic hydroxyl groups excluding tert-OH is 1. The molecule has 1 heterocycles. The lowest BCUT2D eigenvalue weighted by Gasteiger charge is -2.14. The lowest BCUT2D eigenvalue weighted by Crippen LogP contribution is -2.34. The largest absolute Gasteiger partial charge is 0.391 e. The summed E-state index contributed by atoms with van der Waals surface area (Å²) in [6, 6.07) is 7.99. The Balaban J connectivity index is 0.00000220. The maximum atomic E-state index is 11.7. The van der Waals surface area contributed by atoms with E-state index >= 15 is 0 Å². The van der Waals surface area contributed by atoms with Gasteiger partial charge in [0.15, 0.2) is 0 Å². The summed E-state index contributed by atoms with van der Waals surface area (Å²) in [5, 5.41) is 15.6. The van der Waals surface area contributed by atoms with E-state index in [1.54, 1.807) is 11.8 Å². The third-order valence-electron chi connectivity index (χ3n) is 3.29. The molecule has 1 aliphatic rings. The minimum Gasteiger partial charge on any atom is -0.391 e. The summed E-state index contributed by atoms with van der Waals surface area (Å²) in [5.74, 6) is 0.929. The van der Waals surface area contributed by atoms with E-state index in [1.807, 2.05) is 24.3 Å². The summed E-state index contributed by atoms with van der Waals surface area (Å²) in [6.45, 7) is 1.94. The number of β-amino-alcohol motifs (C(OH)–C–C–N with tert-alkyl or cyclic N) is 1. The van der Waals surface area contributed by atoms with Crippen molar-refractivity contribution in [2.24, 2.45) is 5.92 Å². The fourth-order valence-electron chi connectivity index (χ4n) is 2.08. The van der Waals surface area contributed by atoms with Gasteiger partial charge in [-0.05, 0) is 28.1 Å². The van der Waals surface area contributed by atoms with Crippen molar-refractivity contribution < 1.29 is 9.90 Å². The monoisotopic (exact) mass is 394 g/mol. The van der Waals surface area contributed by atoms with Gasteiger partial charge in [-0.25, -0.2) is 0 Å². The number of aliphatic hydroxyl groups is 1. The SMILES string of the molecule is Cl.O=C(CCSc1ccccc1Br)NCC1CNCC1O. The van der Waals surface area contributed by atoms with Crippen molar-refractivity contribution in [3.05, 3.63) is 28.7 Å². The predicted octanol–water partition coefficient (Wildman–Crippen LogP) is 2.05. The van der Waals surface area contributed by atoms with E-state index in [0.29, 0.717) is 19.5 Å². The standard InChI is InChI=1S/C14H19BrN2O2S.ClH/c15-11-3-1-2-4-13(11)20-6-5-14(19)17-8-10-7-16-9-12(10)18;/h1-4,10,12,16,18H,5-9H2,(H,17,19);1H. The van der Waals surface area contributed by atoms with E-state index < -0.39 is 0 Å². The molecule has 1 aromatic carbocycles. The van der Waals surface area contributed by atoms with E-state index in [1.165, 1.54) is 0 Å². The van der Waals surface area contributed by atoms with E-state index in [4.69, 9.17) is 0 Å². The van der Waals surface area contributed by atoms with Crippen molar-refractivity contribution in [3.8, 4) is 0 Å². The quantitative estimate of drug-likeness (QED) is 0.645. The molecular formula is C14H20BrClN2O2S. The molecule has 2 atom stereocenters. The van der Waals surface area contributed by atoms with Crippen molar-refractivity contribution in [2.45, 2.75) is 17.4 Å². The number of hydrogen-bond acceptors (Lipinski definition) is 4. The second kappa shape index (κ2) is 9.69. The highest BCUT2D eigenvalue weighted by Crippen LogP contribution is 2.27. The first-order valence-electron chi connectivity index (χ1n) is 6.69. The molecule has 1 saturated heterocycles. The van der Waals surface area contributed by atoms with Crippen LogP contribution in [0.3, 0.4) is 0 Å². The van der Waals surface area contributed by atoms with Crippen LogP contribution in [0.4, 0.5) is 0 Å². The average Bonchev–Trinajstić information content (AvgIpc) is 2.84. The second-order valence-electron chi connectivity index (χ2n) is 4.82. The molecule has 2 unspecified atom stereocenters. The molecule has 0 aliphatic carbocycles. The van der Waals surface area contributed by atoms with E-state index in [2.05, 4.69) is 26.6 Å². The van der Waals surface area contributed by atoms with Gasteiger partial charge in [-0.3, -0.25) is 4.79 Å². The Bertz CT molecular complexity index is 464. The number of carbonyl (C=O) groups is 1. The molecule has 1 amide bonds. The summed E-state index contributed by atoms with van der Waals surface area (Å²) in [4.78, 5) is 12.9. The van der Waals surface area contributed by atoms with Crippen LogP contribution < -0.4 is 10.6 Å². The first-order valence-corrected chi connectivity index (χ1v) is 8.47. The van der Waals surface area contributed by atoms with Gasteiger partial charge in [0.05, 0.1) is 6.10 Å². The van der Waals surface area contributed by atoms with Crippen LogP contribution in [0.15, 0.2) is 33.6 Å². The van der Waals surface area contributed by atoms with Gasteiger partial charge in [0.1, 0.15) is 0 Å². The molecule has 0 aromatic heterocycles. The van der Waals surface area contributed by atoms with Crippen LogP contribution in [0.2, 0.25) is 0 Å². The maximum absolute atomic E-state index is 11.7. The molecule has 0 spiro atoms. The Morgan fingerprint density at radius 1 is 1.43 bits per heavy atom. The lowest BCUT2D eigenvalue weighted by molar-refractivity contribution is -0.120. The maximum Gasteiger partial charge on any atom is 0.220 e. The fourth-order valence-corrected chi connectivity index (χ4v) is 3.59. The van der Waals surface area contributed by atoms with Crippen LogP contribution in [-0.4, -0.2) is 42.5 Å². The van der Waals surface area contributed by atoms with Gasteiger partial charge in [-0.1, -0.05) is 12.1 Å². The number of rotatable bonds is 6. The molecular weight excluding hydrogens is 376 g/mol. The number of amides is 1. The first kappa shape index (κ1) is 18.8. The summed E-state index contributed by atoms with van der Waals surface area (Å²) in [6.07, 6.45) is 0.146. The minimum absolute atomic E-state index is 0. The Hall–Kier alpha value is -0.270. The molecule has 2 rings (SSSR count). The third-order valence-corrected chi connectivity index (χ3v) is 5.32. The molecule has 1 aromatic rings. The van der Waals surface area contributed by atoms with E-state index in [9.17, 15) is 9.90 Å². The molecule has 4 nitrogen and oxygen atoms in total. The van der Waals surface area contributed by atoms with Crippen molar-refractivity contribution >= 4 is 46.0 Å². The molecule has 7 heteroatoms. The smallest absolute Gasteiger partial charge is 0.220 e. The van der Waals surface area contributed by atoms with E-state index in [-0.39, 0.29) is 30.3 Å². The van der Waals surface area contributed by atoms with Crippen LogP contribution in [-0.2, 0) is 4.79 Å². The number of nitrogens with one attached hydrogen (secondary N) is 2. The zero-order valence-electron chi connectivity index (χ0n) is 11.5. The fraction of sp³-hybridized carbons (Fsp3) is 0.500. The van der Waals surface area contributed by atoms with Crippen molar-refractivity contribution in [2.75, 3.05) is 25.4 Å². The number of hydrogen-bond donors (Lipinski definition) is 3. The van der Waals surface area contributed by atoms with Crippen LogP contribution in [0.1, 0.15) is 6.42 Å². The molecule has 3 N–H and O–H groups in total. The number of thioether (sulfide) groups is 1. The highest BCUT2D eigenvalue weighted by atomic mass is 79.9. The van der Waals surface area contributed by atoms with Gasteiger partial charge in [0.25, 0.3) is 0 Å². The Kier molecular flexibility index (Phi) is 8.66. The molecule has 1 aliphatic heterocycles. The van der Waals surface area contributed by atoms with Gasteiger partial charge >= 0.3 is 0 Å². The highest BCUT2D eigenvalue weighted by Gasteiger charge is 2.24. The Morgan fingerprint density at radius 3 is 2.86 bits per heavy atom. The van der Waals surface area contributed by atoms with Crippen molar-refractivity contribution in [1.82, 2.24) is 10.6 Å². The highest BCUT2D eigenvalue weighted by molar-refractivity contribution is 9.10. The Labute approximate surface area is 144 Å². The third kappa shape index (κ3) is 6.16. The molecule has 118 valence electrons. The van der Waals surface area contributed by atoms with Crippen molar-refractivity contribution in [1.29, 1.82) is 0 Å². The van der Waals surface area contributed by atoms with Crippen molar-refractivity contribution in [3.63, 3.8) is 0 Å². The molecule has 21 heavy (non-hydrogen) atoms. The van der Waals surface area contributed by atoms with Crippen LogP contribution in [0, 0.1) is 5.92 Å². The van der Waals surface area contributed by atoms with Gasteiger partial charge in [-0.15, -0.1) is 24.2 Å². The van der Waals surface area contributed by atoms with Crippen LogP contribution in [0.5, 0.6) is 0 Å². The van der Waals surface area contributed by atoms with E-state index in [0.717, 1.165) is 21.7 Å². The van der Waals surface area contributed by atoms with Gasteiger partial charge in [0, 0.05) is 47.1 Å². The summed E-state index contributed by atoms with van der Waals surface area (Å²) in [5.41, 5.74) is 0. The molecule has 1 fully saturated rings. The summed E-state index contributed by atoms with van der Waals surface area (Å²) in [7, 11) is 0.